The Morgan fingerprint density at radius 1 is 1.08 bits per heavy atom. The molecule has 0 bridgehead atoms. The van der Waals surface area contributed by atoms with Crippen LogP contribution in [0, 0.1) is 0 Å². The van der Waals surface area contributed by atoms with E-state index < -0.39 is 5.91 Å². The summed E-state index contributed by atoms with van der Waals surface area (Å²) >= 11 is 6.24. The van der Waals surface area contributed by atoms with Gasteiger partial charge in [-0.1, -0.05) is 11.6 Å². The summed E-state index contributed by atoms with van der Waals surface area (Å²) in [5, 5.41) is 3.26. The number of fused-ring (bicyclic) bond motifs is 1. The molecule has 0 spiro atoms. The zero-order valence-electron chi connectivity index (χ0n) is 13.4. The molecule has 2 aromatic carbocycles. The van der Waals surface area contributed by atoms with Crippen LogP contribution in [0.3, 0.4) is 0 Å². The van der Waals surface area contributed by atoms with Gasteiger partial charge >= 0.3 is 0 Å². The summed E-state index contributed by atoms with van der Waals surface area (Å²) in [7, 11) is 0. The number of hydrogen-bond donors (Lipinski definition) is 2. The van der Waals surface area contributed by atoms with E-state index in [0.717, 1.165) is 12.0 Å². The molecule has 2 amide bonds. The highest BCUT2D eigenvalue weighted by Crippen LogP contribution is 2.37. The fraction of sp³-hybridized carbons (Fsp3) is 0.222. The standard InChI is InChI=1S/C18H17ClN2O4/c19-14-8-11(9-15-16(14)25-7-1-6-24-15)10-21-18(23)13-4-2-12(3-5-13)17(20)22/h2-5,8-9H,1,6-7,10H2,(H2,20,22)(H,21,23). The highest BCUT2D eigenvalue weighted by molar-refractivity contribution is 6.32. The van der Waals surface area contributed by atoms with Gasteiger partial charge in [-0.3, -0.25) is 9.59 Å². The van der Waals surface area contributed by atoms with Crippen molar-refractivity contribution in [2.24, 2.45) is 5.73 Å². The molecule has 0 saturated carbocycles. The van der Waals surface area contributed by atoms with Crippen LogP contribution >= 0.6 is 11.6 Å². The van der Waals surface area contributed by atoms with Gasteiger partial charge in [-0.2, -0.15) is 0 Å². The molecule has 0 aliphatic carbocycles. The van der Waals surface area contributed by atoms with E-state index in [1.165, 1.54) is 12.1 Å². The maximum Gasteiger partial charge on any atom is 0.251 e. The number of ether oxygens (including phenoxy) is 2. The van der Waals surface area contributed by atoms with Gasteiger partial charge in [-0.15, -0.1) is 0 Å². The molecule has 2 aromatic rings. The quantitative estimate of drug-likeness (QED) is 0.876. The lowest BCUT2D eigenvalue weighted by Crippen LogP contribution is -2.23. The Bertz CT molecular complexity index is 805. The van der Waals surface area contributed by atoms with E-state index in [1.807, 2.05) is 6.07 Å². The minimum atomic E-state index is -0.534. The molecule has 3 N–H and O–H groups in total. The van der Waals surface area contributed by atoms with Crippen LogP contribution in [0.5, 0.6) is 11.5 Å². The van der Waals surface area contributed by atoms with Gasteiger partial charge in [0.25, 0.3) is 5.91 Å². The normalized spacial score (nSPS) is 13.0. The SMILES string of the molecule is NC(=O)c1ccc(C(=O)NCc2cc(Cl)c3c(c2)OCCCO3)cc1. The molecule has 0 radical (unpaired) electrons. The monoisotopic (exact) mass is 360 g/mol. The van der Waals surface area contributed by atoms with Crippen LogP contribution in [-0.2, 0) is 6.54 Å². The van der Waals surface area contributed by atoms with E-state index in [4.69, 9.17) is 26.8 Å². The molecule has 130 valence electrons. The van der Waals surface area contributed by atoms with Crippen molar-refractivity contribution >= 4 is 23.4 Å². The summed E-state index contributed by atoms with van der Waals surface area (Å²) in [4.78, 5) is 23.3. The second-order valence-electron chi connectivity index (χ2n) is 5.58. The number of hydrogen-bond acceptors (Lipinski definition) is 4. The van der Waals surface area contributed by atoms with Gasteiger partial charge < -0.3 is 20.5 Å². The van der Waals surface area contributed by atoms with Crippen molar-refractivity contribution in [3.05, 3.63) is 58.1 Å². The number of nitrogens with one attached hydrogen (secondary N) is 1. The number of halogens is 1. The smallest absolute Gasteiger partial charge is 0.251 e. The third kappa shape index (κ3) is 4.03. The van der Waals surface area contributed by atoms with Crippen molar-refractivity contribution in [1.29, 1.82) is 0 Å². The molecule has 0 aromatic heterocycles. The van der Waals surface area contributed by atoms with E-state index >= 15 is 0 Å². The zero-order chi connectivity index (χ0) is 17.8. The lowest BCUT2D eigenvalue weighted by atomic mass is 10.1. The van der Waals surface area contributed by atoms with Crippen LogP contribution in [0.2, 0.25) is 5.02 Å². The predicted molar refractivity (Wildman–Crippen MR) is 93.2 cm³/mol. The highest BCUT2D eigenvalue weighted by Gasteiger charge is 2.16. The Morgan fingerprint density at radius 2 is 1.76 bits per heavy atom. The minimum absolute atomic E-state index is 0.265. The second-order valence-corrected chi connectivity index (χ2v) is 5.99. The molecule has 6 nitrogen and oxygen atoms in total. The van der Waals surface area contributed by atoms with Gasteiger partial charge in [0.2, 0.25) is 5.91 Å². The summed E-state index contributed by atoms with van der Waals surface area (Å²) in [6.45, 7) is 1.40. The summed E-state index contributed by atoms with van der Waals surface area (Å²) in [5.41, 5.74) is 6.77. The number of amides is 2. The summed E-state index contributed by atoms with van der Waals surface area (Å²) in [6.07, 6.45) is 0.790. The van der Waals surface area contributed by atoms with Crippen LogP contribution in [0.1, 0.15) is 32.7 Å². The molecule has 3 rings (SSSR count). The van der Waals surface area contributed by atoms with Gasteiger partial charge in [-0.25, -0.2) is 0 Å². The molecule has 1 aliphatic heterocycles. The number of carbonyl (C=O) groups excluding carboxylic acids is 2. The Morgan fingerprint density at radius 3 is 2.48 bits per heavy atom. The molecule has 7 heteroatoms. The second kappa shape index (κ2) is 7.44. The van der Waals surface area contributed by atoms with Crippen molar-refractivity contribution in [3.63, 3.8) is 0 Å². The van der Waals surface area contributed by atoms with Gasteiger partial charge in [-0.05, 0) is 42.0 Å². The Labute approximate surface area is 149 Å². The van der Waals surface area contributed by atoms with Gasteiger partial charge in [0.05, 0.1) is 18.2 Å². The number of benzene rings is 2. The van der Waals surface area contributed by atoms with Gasteiger partial charge in [0.1, 0.15) is 0 Å². The van der Waals surface area contributed by atoms with Crippen LogP contribution in [-0.4, -0.2) is 25.0 Å². The van der Waals surface area contributed by atoms with E-state index in [2.05, 4.69) is 5.32 Å². The minimum Gasteiger partial charge on any atom is -0.489 e. The van der Waals surface area contributed by atoms with Crippen LogP contribution in [0.15, 0.2) is 36.4 Å². The van der Waals surface area contributed by atoms with Gasteiger partial charge in [0.15, 0.2) is 11.5 Å². The number of carbonyl (C=O) groups is 2. The molecule has 1 aliphatic rings. The van der Waals surface area contributed by atoms with E-state index in [9.17, 15) is 9.59 Å². The summed E-state index contributed by atoms with van der Waals surface area (Å²) in [6, 6.07) is 9.69. The molecule has 1 heterocycles. The van der Waals surface area contributed by atoms with Crippen molar-refractivity contribution in [2.45, 2.75) is 13.0 Å². The molecule has 0 saturated heterocycles. The van der Waals surface area contributed by atoms with E-state index in [1.54, 1.807) is 18.2 Å². The number of nitrogens with two attached hydrogens (primary N) is 1. The molecule has 0 unspecified atom stereocenters. The van der Waals surface area contributed by atoms with Crippen LogP contribution in [0.25, 0.3) is 0 Å². The zero-order valence-corrected chi connectivity index (χ0v) is 14.1. The average molecular weight is 361 g/mol. The lowest BCUT2D eigenvalue weighted by molar-refractivity contribution is 0.0948. The maximum absolute atomic E-state index is 12.2. The molecular weight excluding hydrogens is 344 g/mol. The molecule has 25 heavy (non-hydrogen) atoms. The topological polar surface area (TPSA) is 90.7 Å². The van der Waals surface area contributed by atoms with Crippen molar-refractivity contribution in [3.8, 4) is 11.5 Å². The van der Waals surface area contributed by atoms with Crippen molar-refractivity contribution < 1.29 is 19.1 Å². The maximum atomic E-state index is 12.2. The van der Waals surface area contributed by atoms with Crippen molar-refractivity contribution in [2.75, 3.05) is 13.2 Å². The Kier molecular flexibility index (Phi) is 5.09. The summed E-state index contributed by atoms with van der Waals surface area (Å²) < 4.78 is 11.2. The predicted octanol–water partition coefficient (Wildman–Crippen LogP) is 2.53. The van der Waals surface area contributed by atoms with Crippen molar-refractivity contribution in [1.82, 2.24) is 5.32 Å². The van der Waals surface area contributed by atoms with Crippen LogP contribution < -0.4 is 20.5 Å². The fourth-order valence-corrected chi connectivity index (χ4v) is 2.74. The average Bonchev–Trinajstić information content (AvgIpc) is 2.85. The largest absolute Gasteiger partial charge is 0.489 e. The van der Waals surface area contributed by atoms with Gasteiger partial charge in [0, 0.05) is 24.1 Å². The first kappa shape index (κ1) is 17.1. The first-order chi connectivity index (χ1) is 12.0. The third-order valence-corrected chi connectivity index (χ3v) is 4.03. The first-order valence-electron chi connectivity index (χ1n) is 7.80. The lowest BCUT2D eigenvalue weighted by Gasteiger charge is -2.12. The summed E-state index contributed by atoms with van der Waals surface area (Å²) in [5.74, 6) is 0.324. The molecule has 0 fully saturated rings. The number of rotatable bonds is 4. The van der Waals surface area contributed by atoms with E-state index in [-0.39, 0.29) is 12.5 Å². The Hall–Kier alpha value is -2.73. The first-order valence-corrected chi connectivity index (χ1v) is 8.18. The molecular formula is C18H17ClN2O4. The van der Waals surface area contributed by atoms with E-state index in [0.29, 0.717) is 40.9 Å². The highest BCUT2D eigenvalue weighted by atomic mass is 35.5. The Balaban J connectivity index is 1.68. The third-order valence-electron chi connectivity index (χ3n) is 3.75. The molecule has 0 atom stereocenters. The fourth-order valence-electron chi connectivity index (χ4n) is 2.46. The number of primary amides is 1. The van der Waals surface area contributed by atoms with Crippen LogP contribution in [0.4, 0.5) is 0 Å².